The third-order valence-electron chi connectivity index (χ3n) is 2.89. The van der Waals surface area contributed by atoms with Crippen molar-refractivity contribution >= 4 is 5.69 Å². The molecule has 0 aromatic heterocycles. The van der Waals surface area contributed by atoms with Gasteiger partial charge >= 0.3 is 0 Å². The van der Waals surface area contributed by atoms with Gasteiger partial charge < -0.3 is 4.90 Å². The highest BCUT2D eigenvalue weighted by Crippen LogP contribution is 2.25. The van der Waals surface area contributed by atoms with Crippen LogP contribution in [0.15, 0.2) is 24.3 Å². The number of hydrogen-bond donors (Lipinski definition) is 0. The van der Waals surface area contributed by atoms with Gasteiger partial charge in [0.15, 0.2) is 0 Å². The Morgan fingerprint density at radius 3 is 2.85 bits per heavy atom. The molecule has 70 valence electrons. The minimum absolute atomic E-state index is 0.724. The number of benzene rings is 1. The average Bonchev–Trinajstić information content (AvgIpc) is 2.51. The second-order valence-electron chi connectivity index (χ2n) is 4.02. The molecule has 0 bridgehead atoms. The second kappa shape index (κ2) is 3.41. The van der Waals surface area contributed by atoms with E-state index >= 15 is 0 Å². The van der Waals surface area contributed by atoms with Crippen LogP contribution in [0.5, 0.6) is 0 Å². The highest BCUT2D eigenvalue weighted by atomic mass is 15.2. The van der Waals surface area contributed by atoms with Crippen LogP contribution in [0.25, 0.3) is 0 Å². The van der Waals surface area contributed by atoms with Crippen LogP contribution >= 0.6 is 0 Å². The lowest BCUT2D eigenvalue weighted by molar-refractivity contribution is 0.735. The first kappa shape index (κ1) is 8.61. The molecule has 1 fully saturated rings. The van der Waals surface area contributed by atoms with Crippen molar-refractivity contribution in [2.45, 2.75) is 32.7 Å². The van der Waals surface area contributed by atoms with E-state index in [-0.39, 0.29) is 0 Å². The first-order chi connectivity index (χ1) is 6.27. The molecule has 0 amide bonds. The topological polar surface area (TPSA) is 3.24 Å². The van der Waals surface area contributed by atoms with E-state index in [4.69, 9.17) is 0 Å². The summed E-state index contributed by atoms with van der Waals surface area (Å²) in [5.74, 6) is 0. The molecule has 1 unspecified atom stereocenters. The van der Waals surface area contributed by atoms with Gasteiger partial charge in [-0.25, -0.2) is 0 Å². The van der Waals surface area contributed by atoms with Gasteiger partial charge in [0.2, 0.25) is 0 Å². The summed E-state index contributed by atoms with van der Waals surface area (Å²) in [6.45, 7) is 5.70. The van der Waals surface area contributed by atoms with Crippen LogP contribution in [-0.4, -0.2) is 12.6 Å². The van der Waals surface area contributed by atoms with Gasteiger partial charge in [-0.1, -0.05) is 12.1 Å². The molecule has 1 heterocycles. The summed E-state index contributed by atoms with van der Waals surface area (Å²) in [5.41, 5.74) is 2.75. The molecule has 0 N–H and O–H groups in total. The van der Waals surface area contributed by atoms with Crippen LogP contribution in [0, 0.1) is 6.92 Å². The zero-order chi connectivity index (χ0) is 9.26. The van der Waals surface area contributed by atoms with E-state index in [1.54, 1.807) is 0 Å². The van der Waals surface area contributed by atoms with Crippen molar-refractivity contribution in [2.24, 2.45) is 0 Å². The fourth-order valence-electron chi connectivity index (χ4n) is 2.12. The number of anilines is 1. The van der Waals surface area contributed by atoms with Crippen LogP contribution in [0.3, 0.4) is 0 Å². The van der Waals surface area contributed by atoms with Gasteiger partial charge in [0.05, 0.1) is 0 Å². The van der Waals surface area contributed by atoms with E-state index in [1.165, 1.54) is 30.6 Å². The van der Waals surface area contributed by atoms with E-state index in [1.807, 2.05) is 0 Å². The zero-order valence-corrected chi connectivity index (χ0v) is 8.46. The fourth-order valence-corrected chi connectivity index (χ4v) is 2.12. The monoisotopic (exact) mass is 175 g/mol. The fraction of sp³-hybridized carbons (Fsp3) is 0.500. The summed E-state index contributed by atoms with van der Waals surface area (Å²) < 4.78 is 0. The van der Waals surface area contributed by atoms with Crippen molar-refractivity contribution in [3.05, 3.63) is 29.8 Å². The Balaban J connectivity index is 2.24. The van der Waals surface area contributed by atoms with Gasteiger partial charge in [0.1, 0.15) is 0 Å². The van der Waals surface area contributed by atoms with Crippen LogP contribution in [0.1, 0.15) is 25.3 Å². The Morgan fingerprint density at radius 1 is 1.38 bits per heavy atom. The van der Waals surface area contributed by atoms with Crippen molar-refractivity contribution in [1.29, 1.82) is 0 Å². The number of aryl methyl sites for hydroxylation is 1. The Morgan fingerprint density at radius 2 is 2.23 bits per heavy atom. The Hall–Kier alpha value is -0.980. The summed E-state index contributed by atoms with van der Waals surface area (Å²) in [4.78, 5) is 2.51. The molecule has 1 saturated heterocycles. The number of nitrogens with zero attached hydrogens (tertiary/aromatic N) is 1. The first-order valence-corrected chi connectivity index (χ1v) is 5.10. The second-order valence-corrected chi connectivity index (χ2v) is 4.02. The Bertz CT molecular complexity index is 293. The van der Waals surface area contributed by atoms with Crippen molar-refractivity contribution < 1.29 is 0 Å². The molecule has 1 aliphatic rings. The van der Waals surface area contributed by atoms with Crippen molar-refractivity contribution in [2.75, 3.05) is 11.4 Å². The molecule has 0 aliphatic carbocycles. The molecular weight excluding hydrogens is 158 g/mol. The van der Waals surface area contributed by atoms with Crippen LogP contribution in [0.4, 0.5) is 5.69 Å². The van der Waals surface area contributed by atoms with E-state index in [2.05, 4.69) is 43.0 Å². The molecule has 1 heteroatoms. The quantitative estimate of drug-likeness (QED) is 0.634. The van der Waals surface area contributed by atoms with E-state index in [0.717, 1.165) is 6.04 Å². The van der Waals surface area contributed by atoms with E-state index < -0.39 is 0 Å². The van der Waals surface area contributed by atoms with E-state index in [0.29, 0.717) is 0 Å². The first-order valence-electron chi connectivity index (χ1n) is 5.10. The van der Waals surface area contributed by atoms with Gasteiger partial charge in [0, 0.05) is 18.3 Å². The van der Waals surface area contributed by atoms with Crippen molar-refractivity contribution in [3.63, 3.8) is 0 Å². The molecule has 0 saturated carbocycles. The smallest absolute Gasteiger partial charge is 0.0371 e. The lowest BCUT2D eigenvalue weighted by Crippen LogP contribution is -2.26. The molecule has 2 rings (SSSR count). The summed E-state index contributed by atoms with van der Waals surface area (Å²) >= 11 is 0. The maximum absolute atomic E-state index is 2.51. The standard InChI is InChI=1S/C12H17N/c1-10-5-3-7-12(9-10)13-8-4-6-11(13)2/h3,5,7,9,11H,4,6,8H2,1-2H3. The number of rotatable bonds is 1. The lowest BCUT2D eigenvalue weighted by Gasteiger charge is -2.23. The normalized spacial score (nSPS) is 22.3. The highest BCUT2D eigenvalue weighted by Gasteiger charge is 2.19. The SMILES string of the molecule is Cc1cccc(N2CCCC2C)c1. The van der Waals surface area contributed by atoms with E-state index in [9.17, 15) is 0 Å². The lowest BCUT2D eigenvalue weighted by atomic mass is 10.2. The predicted molar refractivity (Wildman–Crippen MR) is 57.2 cm³/mol. The molecular formula is C12H17N. The predicted octanol–water partition coefficient (Wildman–Crippen LogP) is 2.98. The molecule has 1 aromatic carbocycles. The average molecular weight is 175 g/mol. The maximum Gasteiger partial charge on any atom is 0.0371 e. The van der Waals surface area contributed by atoms with Crippen LogP contribution in [-0.2, 0) is 0 Å². The molecule has 1 aromatic rings. The van der Waals surface area contributed by atoms with Crippen LogP contribution < -0.4 is 4.90 Å². The molecule has 1 aliphatic heterocycles. The Labute approximate surface area is 80.4 Å². The van der Waals surface area contributed by atoms with Gasteiger partial charge in [-0.3, -0.25) is 0 Å². The third-order valence-corrected chi connectivity index (χ3v) is 2.89. The third kappa shape index (κ3) is 1.69. The largest absolute Gasteiger partial charge is 0.369 e. The highest BCUT2D eigenvalue weighted by molar-refractivity contribution is 5.49. The minimum atomic E-state index is 0.724. The summed E-state index contributed by atoms with van der Waals surface area (Å²) in [5, 5.41) is 0. The summed E-state index contributed by atoms with van der Waals surface area (Å²) in [6.07, 6.45) is 2.68. The van der Waals surface area contributed by atoms with Crippen molar-refractivity contribution in [1.82, 2.24) is 0 Å². The van der Waals surface area contributed by atoms with Crippen molar-refractivity contribution in [3.8, 4) is 0 Å². The summed E-state index contributed by atoms with van der Waals surface area (Å²) in [6, 6.07) is 9.53. The molecule has 13 heavy (non-hydrogen) atoms. The summed E-state index contributed by atoms with van der Waals surface area (Å²) in [7, 11) is 0. The van der Waals surface area contributed by atoms with Gasteiger partial charge in [-0.15, -0.1) is 0 Å². The van der Waals surface area contributed by atoms with Gasteiger partial charge in [-0.2, -0.15) is 0 Å². The molecule has 1 nitrogen and oxygen atoms in total. The molecule has 0 spiro atoms. The minimum Gasteiger partial charge on any atom is -0.369 e. The van der Waals surface area contributed by atoms with Gasteiger partial charge in [-0.05, 0) is 44.4 Å². The molecule has 1 atom stereocenters. The van der Waals surface area contributed by atoms with Gasteiger partial charge in [0.25, 0.3) is 0 Å². The van der Waals surface area contributed by atoms with Crippen LogP contribution in [0.2, 0.25) is 0 Å². The number of hydrogen-bond acceptors (Lipinski definition) is 1. The zero-order valence-electron chi connectivity index (χ0n) is 8.46. The maximum atomic E-state index is 2.51. The molecule has 0 radical (unpaired) electrons. The Kier molecular flexibility index (Phi) is 2.26.